The smallest absolute Gasteiger partial charge is 0.260 e. The summed E-state index contributed by atoms with van der Waals surface area (Å²) in [5.74, 6) is -0.204. The lowest BCUT2D eigenvalue weighted by molar-refractivity contribution is 0.102. The van der Waals surface area contributed by atoms with Crippen LogP contribution in [0.2, 0.25) is 0 Å². The largest absolute Gasteiger partial charge is 0.298 e. The summed E-state index contributed by atoms with van der Waals surface area (Å²) < 4.78 is 0. The van der Waals surface area contributed by atoms with Crippen molar-refractivity contribution in [3.63, 3.8) is 0 Å². The Kier molecular flexibility index (Phi) is 3.30. The van der Waals surface area contributed by atoms with Crippen LogP contribution in [0.5, 0.6) is 0 Å². The van der Waals surface area contributed by atoms with Gasteiger partial charge in [-0.3, -0.25) is 15.2 Å². The molecule has 100 valence electrons. The van der Waals surface area contributed by atoms with E-state index in [-0.39, 0.29) is 5.91 Å². The second-order valence-electron chi connectivity index (χ2n) is 4.27. The first-order valence-electron chi connectivity index (χ1n) is 6.06. The maximum atomic E-state index is 12.0. The Hall–Kier alpha value is -2.47. The second-order valence-corrected chi connectivity index (χ2v) is 5.12. The first-order chi connectivity index (χ1) is 9.74. The van der Waals surface area contributed by atoms with Gasteiger partial charge in [0.25, 0.3) is 5.91 Å². The zero-order valence-corrected chi connectivity index (χ0v) is 11.6. The highest BCUT2D eigenvalue weighted by molar-refractivity contribution is 7.14. The van der Waals surface area contributed by atoms with Crippen molar-refractivity contribution in [3.8, 4) is 11.3 Å². The van der Waals surface area contributed by atoms with Crippen molar-refractivity contribution in [3.05, 3.63) is 53.2 Å². The van der Waals surface area contributed by atoms with E-state index in [0.29, 0.717) is 10.7 Å². The number of aromatic amines is 1. The van der Waals surface area contributed by atoms with Gasteiger partial charge in [-0.25, -0.2) is 4.98 Å². The molecule has 3 rings (SSSR count). The maximum Gasteiger partial charge on any atom is 0.260 e. The molecule has 1 aromatic carbocycles. The first kappa shape index (κ1) is 12.6. The molecular weight excluding hydrogens is 272 g/mol. The van der Waals surface area contributed by atoms with Gasteiger partial charge in [0.1, 0.15) is 0 Å². The van der Waals surface area contributed by atoms with E-state index in [1.807, 2.05) is 35.7 Å². The lowest BCUT2D eigenvalue weighted by Crippen LogP contribution is -2.12. The van der Waals surface area contributed by atoms with Crippen LogP contribution >= 0.6 is 11.3 Å². The van der Waals surface area contributed by atoms with Gasteiger partial charge in [0.15, 0.2) is 5.13 Å². The van der Waals surface area contributed by atoms with Crippen molar-refractivity contribution in [2.24, 2.45) is 0 Å². The number of carbonyl (C=O) groups is 1. The minimum absolute atomic E-state index is 0.204. The fourth-order valence-corrected chi connectivity index (χ4v) is 2.53. The van der Waals surface area contributed by atoms with Gasteiger partial charge in [0.05, 0.1) is 17.5 Å². The molecule has 3 aromatic rings. The molecule has 0 fully saturated rings. The third-order valence-corrected chi connectivity index (χ3v) is 3.63. The Labute approximate surface area is 119 Å². The average molecular weight is 284 g/mol. The van der Waals surface area contributed by atoms with Gasteiger partial charge in [0.2, 0.25) is 0 Å². The third kappa shape index (κ3) is 2.46. The number of aromatic nitrogens is 3. The van der Waals surface area contributed by atoms with Crippen molar-refractivity contribution >= 4 is 22.4 Å². The van der Waals surface area contributed by atoms with Crippen molar-refractivity contribution in [1.82, 2.24) is 15.2 Å². The van der Waals surface area contributed by atoms with Crippen molar-refractivity contribution in [2.75, 3.05) is 5.32 Å². The summed E-state index contributed by atoms with van der Waals surface area (Å²) >= 11 is 1.40. The predicted octanol–water partition coefficient (Wildman–Crippen LogP) is 3.09. The van der Waals surface area contributed by atoms with E-state index in [9.17, 15) is 4.79 Å². The molecule has 2 heterocycles. The van der Waals surface area contributed by atoms with Gasteiger partial charge in [0, 0.05) is 16.6 Å². The van der Waals surface area contributed by atoms with Crippen LogP contribution in [0.25, 0.3) is 11.3 Å². The summed E-state index contributed by atoms with van der Waals surface area (Å²) in [6, 6.07) is 9.85. The highest BCUT2D eigenvalue weighted by atomic mass is 32.1. The SMILES string of the molecule is Cc1[nH]ncc1C(=O)Nc1nc(-c2ccccc2)cs1. The maximum absolute atomic E-state index is 12.0. The van der Waals surface area contributed by atoms with E-state index in [1.165, 1.54) is 17.5 Å². The van der Waals surface area contributed by atoms with E-state index < -0.39 is 0 Å². The molecule has 2 aromatic heterocycles. The third-order valence-electron chi connectivity index (χ3n) is 2.87. The van der Waals surface area contributed by atoms with Crippen molar-refractivity contribution in [2.45, 2.75) is 6.92 Å². The van der Waals surface area contributed by atoms with E-state index in [4.69, 9.17) is 0 Å². The predicted molar refractivity (Wildman–Crippen MR) is 78.8 cm³/mol. The number of amides is 1. The number of H-pyrrole nitrogens is 1. The molecule has 1 amide bonds. The molecule has 0 aliphatic carbocycles. The number of hydrogen-bond donors (Lipinski definition) is 2. The number of carbonyl (C=O) groups excluding carboxylic acids is 1. The molecule has 2 N–H and O–H groups in total. The van der Waals surface area contributed by atoms with E-state index in [2.05, 4.69) is 20.5 Å². The molecule has 0 aliphatic heterocycles. The zero-order valence-electron chi connectivity index (χ0n) is 10.8. The molecule has 0 spiro atoms. The molecule has 0 saturated heterocycles. The van der Waals surface area contributed by atoms with E-state index in [0.717, 1.165) is 17.0 Å². The number of aryl methyl sites for hydroxylation is 1. The van der Waals surface area contributed by atoms with Crippen LogP contribution in [0, 0.1) is 6.92 Å². The minimum atomic E-state index is -0.204. The van der Waals surface area contributed by atoms with E-state index >= 15 is 0 Å². The molecule has 0 bridgehead atoms. The Balaban J connectivity index is 1.78. The van der Waals surface area contributed by atoms with Crippen LogP contribution in [0.3, 0.4) is 0 Å². The minimum Gasteiger partial charge on any atom is -0.298 e. The Morgan fingerprint density at radius 1 is 1.30 bits per heavy atom. The van der Waals surface area contributed by atoms with E-state index in [1.54, 1.807) is 6.92 Å². The quantitative estimate of drug-likeness (QED) is 0.776. The summed E-state index contributed by atoms with van der Waals surface area (Å²) in [7, 11) is 0. The molecule has 6 heteroatoms. The molecule has 0 radical (unpaired) electrons. The Morgan fingerprint density at radius 2 is 2.10 bits per heavy atom. The fourth-order valence-electron chi connectivity index (χ4n) is 1.82. The lowest BCUT2D eigenvalue weighted by Gasteiger charge is -1.99. The number of rotatable bonds is 3. The number of benzene rings is 1. The summed E-state index contributed by atoms with van der Waals surface area (Å²) in [5, 5.41) is 11.9. The van der Waals surface area contributed by atoms with Crippen molar-refractivity contribution in [1.29, 1.82) is 0 Å². The lowest BCUT2D eigenvalue weighted by atomic mass is 10.2. The molecule has 0 saturated carbocycles. The zero-order chi connectivity index (χ0) is 13.9. The van der Waals surface area contributed by atoms with Crippen LogP contribution in [-0.4, -0.2) is 21.1 Å². The summed E-state index contributed by atoms with van der Waals surface area (Å²) in [4.78, 5) is 16.5. The van der Waals surface area contributed by atoms with Gasteiger partial charge in [-0.15, -0.1) is 11.3 Å². The monoisotopic (exact) mass is 284 g/mol. The van der Waals surface area contributed by atoms with Crippen LogP contribution in [0.4, 0.5) is 5.13 Å². The molecule has 0 unspecified atom stereocenters. The fraction of sp³-hybridized carbons (Fsp3) is 0.0714. The molecule has 0 atom stereocenters. The van der Waals surface area contributed by atoms with Crippen LogP contribution in [0.1, 0.15) is 16.1 Å². The molecule has 20 heavy (non-hydrogen) atoms. The number of anilines is 1. The average Bonchev–Trinajstić information content (AvgIpc) is 3.09. The number of hydrogen-bond acceptors (Lipinski definition) is 4. The first-order valence-corrected chi connectivity index (χ1v) is 6.94. The Morgan fingerprint density at radius 3 is 2.80 bits per heavy atom. The number of nitrogens with one attached hydrogen (secondary N) is 2. The van der Waals surface area contributed by atoms with Crippen molar-refractivity contribution < 1.29 is 4.79 Å². The summed E-state index contributed by atoms with van der Waals surface area (Å²) in [6.07, 6.45) is 1.51. The standard InChI is InChI=1S/C14H12N4OS/c1-9-11(7-15-18-9)13(19)17-14-16-12(8-20-14)10-5-3-2-4-6-10/h2-8H,1H3,(H,15,18)(H,16,17,19). The van der Waals surface area contributed by atoms with Gasteiger partial charge in [-0.05, 0) is 6.92 Å². The highest BCUT2D eigenvalue weighted by Gasteiger charge is 2.13. The summed E-state index contributed by atoms with van der Waals surface area (Å²) in [6.45, 7) is 1.80. The van der Waals surface area contributed by atoms with Crippen LogP contribution < -0.4 is 5.32 Å². The topological polar surface area (TPSA) is 70.7 Å². The number of nitrogens with zero attached hydrogens (tertiary/aromatic N) is 2. The van der Waals surface area contributed by atoms with Gasteiger partial charge >= 0.3 is 0 Å². The van der Waals surface area contributed by atoms with Gasteiger partial charge < -0.3 is 0 Å². The van der Waals surface area contributed by atoms with Gasteiger partial charge in [-0.1, -0.05) is 30.3 Å². The number of thiazole rings is 1. The van der Waals surface area contributed by atoms with Gasteiger partial charge in [-0.2, -0.15) is 5.10 Å². The normalized spacial score (nSPS) is 10.4. The summed E-state index contributed by atoms with van der Waals surface area (Å²) in [5.41, 5.74) is 3.15. The second kappa shape index (κ2) is 5.26. The highest BCUT2D eigenvalue weighted by Crippen LogP contribution is 2.24. The molecule has 0 aliphatic rings. The Bertz CT molecular complexity index is 732. The van der Waals surface area contributed by atoms with Crippen LogP contribution in [0.15, 0.2) is 41.9 Å². The molecular formula is C14H12N4OS. The molecule has 5 nitrogen and oxygen atoms in total. The van der Waals surface area contributed by atoms with Crippen LogP contribution in [-0.2, 0) is 0 Å².